The molecule has 4 rings (SSSR count). The summed E-state index contributed by atoms with van der Waals surface area (Å²) < 4.78 is 27.3. The van der Waals surface area contributed by atoms with E-state index in [1.54, 1.807) is 16.4 Å². The topological polar surface area (TPSA) is 82.6 Å². The average molecular weight is 449 g/mol. The Morgan fingerprint density at radius 1 is 1.27 bits per heavy atom. The lowest BCUT2D eigenvalue weighted by atomic mass is 10.0. The summed E-state index contributed by atoms with van der Waals surface area (Å²) in [6.45, 7) is 8.20. The minimum atomic E-state index is -3.52. The maximum Gasteiger partial charge on any atom is 0.257 e. The number of thiazole rings is 1. The third-order valence-electron chi connectivity index (χ3n) is 5.85. The summed E-state index contributed by atoms with van der Waals surface area (Å²) in [5.41, 5.74) is 1.49. The molecule has 30 heavy (non-hydrogen) atoms. The van der Waals surface area contributed by atoms with Gasteiger partial charge in [0.1, 0.15) is 0 Å². The van der Waals surface area contributed by atoms with Crippen LogP contribution in [0.4, 0.5) is 5.13 Å². The minimum absolute atomic E-state index is 0.234. The van der Waals surface area contributed by atoms with Crippen LogP contribution in [0, 0.1) is 5.92 Å². The van der Waals surface area contributed by atoms with Crippen molar-refractivity contribution in [2.24, 2.45) is 5.92 Å². The SMILES string of the molecule is CCN1CCc2nc(NC(=O)c3ccc(S(=O)(=O)N4CCCC(C)C4)cc3)sc2C1. The van der Waals surface area contributed by atoms with E-state index >= 15 is 0 Å². The number of amides is 1. The average Bonchev–Trinajstić information content (AvgIpc) is 3.15. The molecule has 0 spiro atoms. The number of piperidine rings is 1. The van der Waals surface area contributed by atoms with Crippen LogP contribution in [-0.4, -0.2) is 54.7 Å². The van der Waals surface area contributed by atoms with Crippen LogP contribution in [0.25, 0.3) is 0 Å². The molecular formula is C21H28N4O3S2. The van der Waals surface area contributed by atoms with Crippen molar-refractivity contribution in [1.29, 1.82) is 0 Å². The molecule has 2 aromatic rings. The lowest BCUT2D eigenvalue weighted by molar-refractivity contribution is 0.102. The molecule has 0 radical (unpaired) electrons. The number of nitrogens with one attached hydrogen (secondary N) is 1. The van der Waals surface area contributed by atoms with E-state index < -0.39 is 10.0 Å². The fourth-order valence-corrected chi connectivity index (χ4v) is 6.68. The zero-order valence-corrected chi connectivity index (χ0v) is 19.1. The summed E-state index contributed by atoms with van der Waals surface area (Å²) in [6, 6.07) is 6.19. The van der Waals surface area contributed by atoms with Crippen molar-refractivity contribution in [2.75, 3.05) is 31.5 Å². The Morgan fingerprint density at radius 2 is 2.03 bits per heavy atom. The van der Waals surface area contributed by atoms with E-state index in [4.69, 9.17) is 0 Å². The number of benzene rings is 1. The number of aromatic nitrogens is 1. The van der Waals surface area contributed by atoms with Crippen LogP contribution in [-0.2, 0) is 23.0 Å². The first-order valence-corrected chi connectivity index (χ1v) is 12.7. The number of carbonyl (C=O) groups is 1. The number of hydrogen-bond donors (Lipinski definition) is 1. The number of anilines is 1. The van der Waals surface area contributed by atoms with Gasteiger partial charge in [0.05, 0.1) is 10.6 Å². The number of nitrogens with zero attached hydrogens (tertiary/aromatic N) is 3. The third kappa shape index (κ3) is 4.44. The highest BCUT2D eigenvalue weighted by molar-refractivity contribution is 7.89. The first-order valence-electron chi connectivity index (χ1n) is 10.5. The number of carbonyl (C=O) groups excluding carboxylic acids is 1. The maximum absolute atomic E-state index is 12.9. The summed E-state index contributed by atoms with van der Waals surface area (Å²) in [6.07, 6.45) is 2.84. The minimum Gasteiger partial charge on any atom is -0.298 e. The summed E-state index contributed by atoms with van der Waals surface area (Å²) >= 11 is 1.52. The standard InChI is InChI=1S/C21H28N4O3S2/c1-3-24-12-10-18-19(14-24)29-21(22-18)23-20(26)16-6-8-17(9-7-16)30(27,28)25-11-4-5-15(2)13-25/h6-9,15H,3-5,10-14H2,1-2H3,(H,22,23,26). The number of fused-ring (bicyclic) bond motifs is 1. The molecule has 1 saturated heterocycles. The maximum atomic E-state index is 12.9. The van der Waals surface area contributed by atoms with Gasteiger partial charge in [0, 0.05) is 43.0 Å². The van der Waals surface area contributed by atoms with E-state index in [9.17, 15) is 13.2 Å². The fourth-order valence-electron chi connectivity index (χ4n) is 4.03. The molecule has 1 aromatic heterocycles. The summed E-state index contributed by atoms with van der Waals surface area (Å²) in [4.78, 5) is 21.0. The lowest BCUT2D eigenvalue weighted by Crippen LogP contribution is -2.39. The molecule has 1 unspecified atom stereocenters. The molecule has 1 aromatic carbocycles. The molecule has 0 saturated carbocycles. The largest absolute Gasteiger partial charge is 0.298 e. The number of sulfonamides is 1. The monoisotopic (exact) mass is 448 g/mol. The Morgan fingerprint density at radius 3 is 2.73 bits per heavy atom. The van der Waals surface area contributed by atoms with E-state index in [1.165, 1.54) is 28.3 Å². The smallest absolute Gasteiger partial charge is 0.257 e. The van der Waals surface area contributed by atoms with Gasteiger partial charge in [-0.2, -0.15) is 4.31 Å². The zero-order valence-electron chi connectivity index (χ0n) is 17.4. The Kier molecular flexibility index (Phi) is 6.24. The highest BCUT2D eigenvalue weighted by Gasteiger charge is 2.28. The van der Waals surface area contributed by atoms with E-state index in [2.05, 4.69) is 29.0 Å². The summed E-state index contributed by atoms with van der Waals surface area (Å²) in [5.74, 6) is 0.0936. The second kappa shape index (κ2) is 8.74. The molecule has 9 heteroatoms. The molecule has 7 nitrogen and oxygen atoms in total. The van der Waals surface area contributed by atoms with E-state index in [1.807, 2.05) is 0 Å². The van der Waals surface area contributed by atoms with Crippen LogP contribution < -0.4 is 5.32 Å². The molecule has 2 aliphatic rings. The van der Waals surface area contributed by atoms with Gasteiger partial charge in [-0.1, -0.05) is 13.8 Å². The molecule has 2 aliphatic heterocycles. The fraction of sp³-hybridized carbons (Fsp3) is 0.524. The van der Waals surface area contributed by atoms with Crippen molar-refractivity contribution in [3.8, 4) is 0 Å². The van der Waals surface area contributed by atoms with Crippen molar-refractivity contribution in [3.63, 3.8) is 0 Å². The van der Waals surface area contributed by atoms with Gasteiger partial charge in [-0.15, -0.1) is 11.3 Å². The van der Waals surface area contributed by atoms with Crippen molar-refractivity contribution in [2.45, 2.75) is 44.6 Å². The number of likely N-dealkylation sites (N-methyl/N-ethyl adjacent to an activating group) is 1. The third-order valence-corrected chi connectivity index (χ3v) is 8.73. The lowest BCUT2D eigenvalue weighted by Gasteiger charge is -2.30. The van der Waals surface area contributed by atoms with Crippen LogP contribution in [0.2, 0.25) is 0 Å². The Hall–Kier alpha value is -1.81. The highest BCUT2D eigenvalue weighted by atomic mass is 32.2. The Bertz CT molecular complexity index is 1020. The van der Waals surface area contributed by atoms with Crippen LogP contribution in [0.5, 0.6) is 0 Å². The zero-order chi connectivity index (χ0) is 21.3. The van der Waals surface area contributed by atoms with Gasteiger partial charge in [-0.25, -0.2) is 13.4 Å². The molecule has 1 N–H and O–H groups in total. The van der Waals surface area contributed by atoms with Gasteiger partial charge in [0.2, 0.25) is 10.0 Å². The van der Waals surface area contributed by atoms with E-state index in [0.29, 0.717) is 29.7 Å². The normalized spacial score (nSPS) is 20.7. The van der Waals surface area contributed by atoms with Crippen molar-refractivity contribution in [3.05, 3.63) is 40.4 Å². The number of hydrogen-bond acceptors (Lipinski definition) is 6. The van der Waals surface area contributed by atoms with Crippen molar-refractivity contribution >= 4 is 32.4 Å². The van der Waals surface area contributed by atoms with Gasteiger partial charge in [-0.3, -0.25) is 15.0 Å². The van der Waals surface area contributed by atoms with Gasteiger partial charge in [0.25, 0.3) is 5.91 Å². The van der Waals surface area contributed by atoms with Crippen LogP contribution in [0.3, 0.4) is 0 Å². The molecule has 162 valence electrons. The molecule has 1 fully saturated rings. The van der Waals surface area contributed by atoms with Gasteiger partial charge in [-0.05, 0) is 49.6 Å². The number of rotatable bonds is 5. The summed E-state index contributed by atoms with van der Waals surface area (Å²) in [7, 11) is -3.52. The van der Waals surface area contributed by atoms with Crippen LogP contribution in [0.15, 0.2) is 29.2 Å². The molecule has 3 heterocycles. The molecule has 1 atom stereocenters. The van der Waals surface area contributed by atoms with Crippen molar-refractivity contribution < 1.29 is 13.2 Å². The molecular weight excluding hydrogens is 420 g/mol. The highest BCUT2D eigenvalue weighted by Crippen LogP contribution is 2.29. The Labute approximate surface area is 182 Å². The molecule has 0 bridgehead atoms. The van der Waals surface area contributed by atoms with Gasteiger partial charge >= 0.3 is 0 Å². The first kappa shape index (κ1) is 21.4. The second-order valence-corrected chi connectivity index (χ2v) is 11.1. The summed E-state index contributed by atoms with van der Waals surface area (Å²) in [5, 5.41) is 3.46. The Balaban J connectivity index is 1.44. The van der Waals surface area contributed by atoms with Crippen LogP contribution in [0.1, 0.15) is 47.6 Å². The van der Waals surface area contributed by atoms with Crippen molar-refractivity contribution in [1.82, 2.24) is 14.2 Å². The van der Waals surface area contributed by atoms with Crippen LogP contribution >= 0.6 is 11.3 Å². The predicted octanol–water partition coefficient (Wildman–Crippen LogP) is 3.19. The molecule has 0 aliphatic carbocycles. The quantitative estimate of drug-likeness (QED) is 0.760. The van der Waals surface area contributed by atoms with E-state index in [-0.39, 0.29) is 10.8 Å². The second-order valence-electron chi connectivity index (χ2n) is 8.10. The predicted molar refractivity (Wildman–Crippen MR) is 118 cm³/mol. The molecule has 1 amide bonds. The first-order chi connectivity index (χ1) is 14.4. The van der Waals surface area contributed by atoms with Gasteiger partial charge in [0.15, 0.2) is 5.13 Å². The van der Waals surface area contributed by atoms with E-state index in [0.717, 1.165) is 44.6 Å². The van der Waals surface area contributed by atoms with Gasteiger partial charge < -0.3 is 0 Å².